The fraction of sp³-hybridized carbons (Fsp3) is 0.167. The quantitative estimate of drug-likeness (QED) is 0.794. The first-order valence-electron chi connectivity index (χ1n) is 5.51. The van der Waals surface area contributed by atoms with Gasteiger partial charge in [-0.05, 0) is 11.4 Å². The smallest absolute Gasteiger partial charge is 0.333 e. The lowest BCUT2D eigenvalue weighted by Crippen LogP contribution is -2.33. The van der Waals surface area contributed by atoms with Crippen LogP contribution >= 0.6 is 57.5 Å². The highest BCUT2D eigenvalue weighted by atomic mass is 35.5. The molecule has 2 heterocycles. The van der Waals surface area contributed by atoms with Crippen molar-refractivity contribution in [2.24, 2.45) is 0 Å². The summed E-state index contributed by atoms with van der Waals surface area (Å²) in [5.41, 5.74) is 0. The van der Waals surface area contributed by atoms with E-state index < -0.39 is 17.9 Å². The van der Waals surface area contributed by atoms with Crippen LogP contribution in [0.4, 0.5) is 0 Å². The molecule has 0 aliphatic heterocycles. The predicted molar refractivity (Wildman–Crippen MR) is 85.9 cm³/mol. The zero-order valence-corrected chi connectivity index (χ0v) is 14.4. The summed E-state index contributed by atoms with van der Waals surface area (Å²) in [6, 6.07) is 2.59. The Morgan fingerprint density at radius 2 is 2.00 bits per heavy atom. The molecule has 0 bridgehead atoms. The molecule has 0 aliphatic rings. The van der Waals surface area contributed by atoms with E-state index in [4.69, 9.17) is 39.5 Å². The van der Waals surface area contributed by atoms with Crippen molar-refractivity contribution in [3.8, 4) is 0 Å². The molecule has 4 nitrogen and oxygen atoms in total. The SMILES string of the molecule is COC(=O)C(NC(=O)c1sc(Cl)c(Cl)c1Cl)c1cccs1. The Kier molecular flexibility index (Phi) is 5.51. The maximum Gasteiger partial charge on any atom is 0.333 e. The van der Waals surface area contributed by atoms with Gasteiger partial charge in [0.2, 0.25) is 0 Å². The summed E-state index contributed by atoms with van der Waals surface area (Å²) in [4.78, 5) is 24.9. The average Bonchev–Trinajstić information content (AvgIpc) is 3.08. The van der Waals surface area contributed by atoms with Crippen molar-refractivity contribution in [1.29, 1.82) is 0 Å². The van der Waals surface area contributed by atoms with Crippen LogP contribution in [0.3, 0.4) is 0 Å². The number of rotatable bonds is 4. The predicted octanol–water partition coefficient (Wildman–Crippen LogP) is 4.41. The average molecular weight is 385 g/mol. The third kappa shape index (κ3) is 3.52. The van der Waals surface area contributed by atoms with E-state index >= 15 is 0 Å². The molecule has 0 aliphatic carbocycles. The Labute approximate surface area is 143 Å². The molecule has 2 rings (SSSR count). The van der Waals surface area contributed by atoms with E-state index in [-0.39, 0.29) is 19.3 Å². The van der Waals surface area contributed by atoms with Gasteiger partial charge in [-0.3, -0.25) is 4.79 Å². The van der Waals surface area contributed by atoms with E-state index in [1.807, 2.05) is 0 Å². The fourth-order valence-corrected chi connectivity index (χ4v) is 4.00. The minimum atomic E-state index is -0.904. The molecule has 0 spiro atoms. The van der Waals surface area contributed by atoms with Crippen LogP contribution in [0, 0.1) is 0 Å². The summed E-state index contributed by atoms with van der Waals surface area (Å²) < 4.78 is 4.92. The number of halogens is 3. The Morgan fingerprint density at radius 3 is 2.48 bits per heavy atom. The number of carbonyl (C=O) groups excluding carboxylic acids is 2. The van der Waals surface area contributed by atoms with Gasteiger partial charge in [-0.1, -0.05) is 40.9 Å². The van der Waals surface area contributed by atoms with Crippen LogP contribution in [-0.2, 0) is 9.53 Å². The molecule has 0 saturated heterocycles. The summed E-state index contributed by atoms with van der Waals surface area (Å²) in [7, 11) is 1.25. The zero-order valence-electron chi connectivity index (χ0n) is 10.5. The van der Waals surface area contributed by atoms with Gasteiger partial charge in [-0.25, -0.2) is 4.79 Å². The molecule has 1 unspecified atom stereocenters. The Bertz CT molecular complexity index is 670. The molecule has 1 atom stereocenters. The van der Waals surface area contributed by atoms with Crippen molar-refractivity contribution in [2.45, 2.75) is 6.04 Å². The van der Waals surface area contributed by atoms with E-state index in [1.165, 1.54) is 18.4 Å². The highest BCUT2D eigenvalue weighted by Gasteiger charge is 2.28. The number of nitrogens with one attached hydrogen (secondary N) is 1. The molecule has 9 heteroatoms. The molecule has 1 amide bonds. The maximum absolute atomic E-state index is 12.3. The molecule has 112 valence electrons. The van der Waals surface area contributed by atoms with Gasteiger partial charge >= 0.3 is 5.97 Å². The number of thiophene rings is 2. The van der Waals surface area contributed by atoms with Crippen molar-refractivity contribution >= 4 is 69.4 Å². The Hall–Kier alpha value is -0.790. The number of hydrogen-bond acceptors (Lipinski definition) is 5. The largest absolute Gasteiger partial charge is 0.467 e. The van der Waals surface area contributed by atoms with E-state index in [9.17, 15) is 9.59 Å². The number of methoxy groups -OCH3 is 1. The molecule has 2 aromatic rings. The monoisotopic (exact) mass is 383 g/mol. The minimum absolute atomic E-state index is 0.0685. The van der Waals surface area contributed by atoms with E-state index in [0.717, 1.165) is 11.3 Å². The second-order valence-electron chi connectivity index (χ2n) is 3.78. The van der Waals surface area contributed by atoms with Gasteiger partial charge in [0.05, 0.1) is 17.2 Å². The van der Waals surface area contributed by atoms with Crippen LogP contribution in [0.2, 0.25) is 14.4 Å². The molecule has 2 aromatic heterocycles. The third-order valence-electron chi connectivity index (χ3n) is 2.50. The first-order chi connectivity index (χ1) is 9.95. The van der Waals surface area contributed by atoms with Crippen molar-refractivity contribution in [1.82, 2.24) is 5.32 Å². The number of amides is 1. The van der Waals surface area contributed by atoms with Crippen molar-refractivity contribution in [2.75, 3.05) is 7.11 Å². The van der Waals surface area contributed by atoms with Crippen LogP contribution in [0.15, 0.2) is 17.5 Å². The molecule has 0 aromatic carbocycles. The van der Waals surface area contributed by atoms with Crippen LogP contribution in [-0.4, -0.2) is 19.0 Å². The van der Waals surface area contributed by atoms with Crippen molar-refractivity contribution in [3.63, 3.8) is 0 Å². The summed E-state index contributed by atoms with van der Waals surface area (Å²) in [6.45, 7) is 0. The topological polar surface area (TPSA) is 55.4 Å². The third-order valence-corrected chi connectivity index (χ3v) is 6.01. The minimum Gasteiger partial charge on any atom is -0.467 e. The van der Waals surface area contributed by atoms with Gasteiger partial charge in [0.1, 0.15) is 9.21 Å². The van der Waals surface area contributed by atoms with Gasteiger partial charge in [0.15, 0.2) is 6.04 Å². The highest BCUT2D eigenvalue weighted by molar-refractivity contribution is 7.19. The van der Waals surface area contributed by atoms with Crippen LogP contribution in [0.5, 0.6) is 0 Å². The number of esters is 1. The van der Waals surface area contributed by atoms with Gasteiger partial charge in [0.25, 0.3) is 5.91 Å². The normalized spacial score (nSPS) is 12.0. The lowest BCUT2D eigenvalue weighted by atomic mass is 10.2. The highest BCUT2D eigenvalue weighted by Crippen LogP contribution is 2.40. The van der Waals surface area contributed by atoms with Gasteiger partial charge < -0.3 is 10.1 Å². The summed E-state index contributed by atoms with van der Waals surface area (Å²) >= 11 is 19.9. The maximum atomic E-state index is 12.3. The van der Waals surface area contributed by atoms with E-state index in [2.05, 4.69) is 5.32 Å². The summed E-state index contributed by atoms with van der Waals surface area (Å²) in [6.07, 6.45) is 0. The molecule has 0 saturated carbocycles. The summed E-state index contributed by atoms with van der Waals surface area (Å²) in [5, 5.41) is 4.56. The standard InChI is InChI=1S/C12H8Cl3NO3S2/c1-19-12(18)8(5-3-2-4-20-5)16-11(17)9-6(13)7(14)10(15)21-9/h2-4,8H,1H3,(H,16,17). The molecule has 0 radical (unpaired) electrons. The fourth-order valence-electron chi connectivity index (χ4n) is 1.53. The van der Waals surface area contributed by atoms with Gasteiger partial charge in [0, 0.05) is 4.88 Å². The zero-order chi connectivity index (χ0) is 15.6. The number of carbonyl (C=O) groups is 2. The van der Waals surface area contributed by atoms with Crippen molar-refractivity contribution < 1.29 is 14.3 Å². The van der Waals surface area contributed by atoms with Crippen molar-refractivity contribution in [3.05, 3.63) is 41.6 Å². The molecule has 0 fully saturated rings. The molecule has 21 heavy (non-hydrogen) atoms. The molecular formula is C12H8Cl3NO3S2. The lowest BCUT2D eigenvalue weighted by Gasteiger charge is -2.14. The van der Waals surface area contributed by atoms with Crippen LogP contribution < -0.4 is 5.32 Å². The Morgan fingerprint density at radius 1 is 1.29 bits per heavy atom. The van der Waals surface area contributed by atoms with Crippen LogP contribution in [0.1, 0.15) is 20.6 Å². The second kappa shape index (κ2) is 6.98. The Balaban J connectivity index is 2.26. The van der Waals surface area contributed by atoms with Crippen LogP contribution in [0.25, 0.3) is 0 Å². The van der Waals surface area contributed by atoms with Gasteiger partial charge in [-0.2, -0.15) is 0 Å². The molecular weight excluding hydrogens is 377 g/mol. The van der Waals surface area contributed by atoms with E-state index in [1.54, 1.807) is 17.5 Å². The van der Waals surface area contributed by atoms with Gasteiger partial charge in [-0.15, -0.1) is 22.7 Å². The van der Waals surface area contributed by atoms with E-state index in [0.29, 0.717) is 4.88 Å². The number of hydrogen-bond donors (Lipinski definition) is 1. The second-order valence-corrected chi connectivity index (χ2v) is 7.14. The lowest BCUT2D eigenvalue weighted by molar-refractivity contribution is -0.143. The first kappa shape index (κ1) is 16.6. The summed E-state index contributed by atoms with van der Waals surface area (Å²) in [5.74, 6) is -1.11. The molecule has 1 N–H and O–H groups in total. The first-order valence-corrected chi connectivity index (χ1v) is 8.34. The number of ether oxygens (including phenoxy) is 1.